The molecule has 1 saturated heterocycles. The van der Waals surface area contributed by atoms with Gasteiger partial charge in [0.1, 0.15) is 0 Å². The van der Waals surface area contributed by atoms with Crippen LogP contribution in [-0.2, 0) is 0 Å². The van der Waals surface area contributed by atoms with Gasteiger partial charge in [0.2, 0.25) is 0 Å². The second kappa shape index (κ2) is 5.21. The minimum Gasteiger partial charge on any atom is -0.338 e. The maximum atomic E-state index is 12.7. The molecule has 0 aromatic heterocycles. The van der Waals surface area contributed by atoms with Gasteiger partial charge >= 0.3 is 0 Å². The molecule has 2 fully saturated rings. The molecule has 3 rings (SSSR count). The molecule has 2 aliphatic rings. The highest BCUT2D eigenvalue weighted by molar-refractivity contribution is 5.95. The lowest BCUT2D eigenvalue weighted by Gasteiger charge is -2.27. The molecule has 1 aliphatic carbocycles. The number of nitrogens with two attached hydrogens (primary N) is 1. The second-order valence-electron chi connectivity index (χ2n) is 6.62. The van der Waals surface area contributed by atoms with E-state index in [4.69, 9.17) is 5.73 Å². The van der Waals surface area contributed by atoms with Crippen LogP contribution >= 0.6 is 0 Å². The molecule has 1 heterocycles. The minimum atomic E-state index is 0.200. The number of carbonyl (C=O) groups is 1. The number of benzene rings is 1. The molecule has 1 aromatic rings. The molecule has 108 valence electrons. The number of hydrogen-bond donors (Lipinski definition) is 1. The van der Waals surface area contributed by atoms with Crippen LogP contribution in [0.15, 0.2) is 18.2 Å². The number of nitrogens with zero attached hydrogens (tertiary/aromatic N) is 1. The predicted octanol–water partition coefficient (Wildman–Crippen LogP) is 2.50. The van der Waals surface area contributed by atoms with E-state index in [2.05, 4.69) is 13.0 Å². The molecule has 3 atom stereocenters. The van der Waals surface area contributed by atoms with E-state index in [0.717, 1.165) is 37.1 Å². The Hall–Kier alpha value is -1.35. The van der Waals surface area contributed by atoms with Crippen LogP contribution in [0, 0.1) is 25.7 Å². The molecule has 0 spiro atoms. The van der Waals surface area contributed by atoms with Crippen molar-refractivity contribution in [3.05, 3.63) is 34.9 Å². The third-order valence-corrected chi connectivity index (χ3v) is 4.99. The topological polar surface area (TPSA) is 46.3 Å². The first kappa shape index (κ1) is 13.6. The van der Waals surface area contributed by atoms with Crippen molar-refractivity contribution in [3.8, 4) is 0 Å². The first-order valence-electron chi connectivity index (χ1n) is 7.66. The maximum Gasteiger partial charge on any atom is 0.254 e. The lowest BCUT2D eigenvalue weighted by Crippen LogP contribution is -2.32. The van der Waals surface area contributed by atoms with Gasteiger partial charge in [-0.3, -0.25) is 4.79 Å². The molecule has 20 heavy (non-hydrogen) atoms. The van der Waals surface area contributed by atoms with Gasteiger partial charge in [0.25, 0.3) is 5.91 Å². The fraction of sp³-hybridized carbons (Fsp3) is 0.588. The molecule has 1 aliphatic heterocycles. The van der Waals surface area contributed by atoms with Crippen LogP contribution < -0.4 is 5.73 Å². The summed E-state index contributed by atoms with van der Waals surface area (Å²) in [6.45, 7) is 5.90. The average Bonchev–Trinajstić information content (AvgIpc) is 2.81. The van der Waals surface area contributed by atoms with Gasteiger partial charge in [-0.1, -0.05) is 17.7 Å². The third kappa shape index (κ3) is 2.47. The summed E-state index contributed by atoms with van der Waals surface area (Å²) in [6, 6.07) is 6.43. The highest BCUT2D eigenvalue weighted by Gasteiger charge is 2.38. The van der Waals surface area contributed by atoms with Crippen molar-refractivity contribution in [2.24, 2.45) is 17.6 Å². The average molecular weight is 272 g/mol. The van der Waals surface area contributed by atoms with Crippen molar-refractivity contribution in [2.75, 3.05) is 13.1 Å². The number of rotatable bonds is 1. The van der Waals surface area contributed by atoms with E-state index in [-0.39, 0.29) is 5.91 Å². The molecule has 0 radical (unpaired) electrons. The molecule has 3 nitrogen and oxygen atoms in total. The highest BCUT2D eigenvalue weighted by atomic mass is 16.2. The van der Waals surface area contributed by atoms with Crippen molar-refractivity contribution >= 4 is 5.91 Å². The Balaban J connectivity index is 1.75. The third-order valence-electron chi connectivity index (χ3n) is 4.99. The largest absolute Gasteiger partial charge is 0.338 e. The SMILES string of the molecule is Cc1ccc(C(=O)N2C[C@H]3CCC(N)C[C@H]3C2)c(C)c1. The summed E-state index contributed by atoms with van der Waals surface area (Å²) in [5, 5.41) is 0. The summed E-state index contributed by atoms with van der Waals surface area (Å²) < 4.78 is 0. The van der Waals surface area contributed by atoms with E-state index in [0.29, 0.717) is 17.9 Å². The Kier molecular flexibility index (Phi) is 3.55. The van der Waals surface area contributed by atoms with Gasteiger partial charge in [-0.2, -0.15) is 0 Å². The number of amides is 1. The van der Waals surface area contributed by atoms with Crippen molar-refractivity contribution in [3.63, 3.8) is 0 Å². The number of hydrogen-bond acceptors (Lipinski definition) is 2. The number of likely N-dealkylation sites (tertiary alicyclic amines) is 1. The van der Waals surface area contributed by atoms with Crippen LogP contribution in [0.5, 0.6) is 0 Å². The van der Waals surface area contributed by atoms with Crippen LogP contribution in [0.1, 0.15) is 40.7 Å². The molecule has 1 amide bonds. The maximum absolute atomic E-state index is 12.7. The van der Waals surface area contributed by atoms with Crippen LogP contribution in [0.4, 0.5) is 0 Å². The minimum absolute atomic E-state index is 0.200. The second-order valence-corrected chi connectivity index (χ2v) is 6.62. The summed E-state index contributed by atoms with van der Waals surface area (Å²) in [5.41, 5.74) is 9.21. The standard InChI is InChI=1S/C17H24N2O/c1-11-3-6-16(12(2)7-11)17(20)19-9-13-4-5-15(18)8-14(13)10-19/h3,6-7,13-15H,4-5,8-10,18H2,1-2H3/t13-,14+,15?/m1/s1. The van der Waals surface area contributed by atoms with E-state index in [1.54, 1.807) is 0 Å². The summed E-state index contributed by atoms with van der Waals surface area (Å²) in [7, 11) is 0. The normalized spacial score (nSPS) is 29.4. The molecule has 0 bridgehead atoms. The Bertz CT molecular complexity index is 526. The van der Waals surface area contributed by atoms with E-state index >= 15 is 0 Å². The lowest BCUT2D eigenvalue weighted by atomic mass is 9.79. The zero-order chi connectivity index (χ0) is 14.3. The molecule has 1 aromatic carbocycles. The first-order valence-corrected chi connectivity index (χ1v) is 7.66. The summed E-state index contributed by atoms with van der Waals surface area (Å²) in [5.74, 6) is 1.49. The van der Waals surface area contributed by atoms with Crippen molar-refractivity contribution < 1.29 is 4.79 Å². The van der Waals surface area contributed by atoms with E-state index in [9.17, 15) is 4.79 Å². The number of fused-ring (bicyclic) bond motifs is 1. The van der Waals surface area contributed by atoms with Gasteiger partial charge in [0, 0.05) is 24.7 Å². The highest BCUT2D eigenvalue weighted by Crippen LogP contribution is 2.36. The van der Waals surface area contributed by atoms with E-state index < -0.39 is 0 Å². The molecule has 3 heteroatoms. The Labute approximate surface area is 121 Å². The summed E-state index contributed by atoms with van der Waals surface area (Å²) in [6.07, 6.45) is 3.39. The molecule has 1 saturated carbocycles. The molecular formula is C17H24N2O. The number of carbonyl (C=O) groups excluding carboxylic acids is 1. The zero-order valence-corrected chi connectivity index (χ0v) is 12.4. The van der Waals surface area contributed by atoms with Gasteiger partial charge in [-0.05, 0) is 56.6 Å². The van der Waals surface area contributed by atoms with Gasteiger partial charge in [0.15, 0.2) is 0 Å². The Morgan fingerprint density at radius 2 is 1.95 bits per heavy atom. The van der Waals surface area contributed by atoms with Gasteiger partial charge < -0.3 is 10.6 Å². The molecule has 1 unspecified atom stereocenters. The van der Waals surface area contributed by atoms with Crippen LogP contribution in [0.2, 0.25) is 0 Å². The van der Waals surface area contributed by atoms with Crippen LogP contribution in [-0.4, -0.2) is 29.9 Å². The first-order chi connectivity index (χ1) is 9.54. The monoisotopic (exact) mass is 272 g/mol. The van der Waals surface area contributed by atoms with Gasteiger partial charge in [-0.25, -0.2) is 0 Å². The fourth-order valence-corrected chi connectivity index (χ4v) is 3.86. The predicted molar refractivity (Wildman–Crippen MR) is 80.6 cm³/mol. The van der Waals surface area contributed by atoms with Crippen LogP contribution in [0.25, 0.3) is 0 Å². The van der Waals surface area contributed by atoms with Crippen molar-refractivity contribution in [1.82, 2.24) is 4.90 Å². The summed E-state index contributed by atoms with van der Waals surface area (Å²) >= 11 is 0. The van der Waals surface area contributed by atoms with Crippen molar-refractivity contribution in [1.29, 1.82) is 0 Å². The summed E-state index contributed by atoms with van der Waals surface area (Å²) in [4.78, 5) is 14.7. The smallest absolute Gasteiger partial charge is 0.254 e. The van der Waals surface area contributed by atoms with Gasteiger partial charge in [-0.15, -0.1) is 0 Å². The van der Waals surface area contributed by atoms with Crippen molar-refractivity contribution in [2.45, 2.75) is 39.2 Å². The molecule has 2 N–H and O–H groups in total. The van der Waals surface area contributed by atoms with E-state index in [1.807, 2.05) is 24.0 Å². The number of aryl methyl sites for hydroxylation is 2. The lowest BCUT2D eigenvalue weighted by molar-refractivity contribution is 0.0783. The Morgan fingerprint density at radius 1 is 1.20 bits per heavy atom. The zero-order valence-electron chi connectivity index (χ0n) is 12.4. The van der Waals surface area contributed by atoms with Crippen LogP contribution in [0.3, 0.4) is 0 Å². The fourth-order valence-electron chi connectivity index (χ4n) is 3.86. The van der Waals surface area contributed by atoms with E-state index in [1.165, 1.54) is 12.0 Å². The van der Waals surface area contributed by atoms with Gasteiger partial charge in [0.05, 0.1) is 0 Å². The Morgan fingerprint density at radius 3 is 2.70 bits per heavy atom. The molecular weight excluding hydrogens is 248 g/mol. The quantitative estimate of drug-likeness (QED) is 0.854.